The van der Waals surface area contributed by atoms with Crippen molar-refractivity contribution in [3.63, 3.8) is 0 Å². The number of esters is 1. The first kappa shape index (κ1) is 28.6. The van der Waals surface area contributed by atoms with Gasteiger partial charge >= 0.3 is 5.97 Å². The molecule has 0 spiro atoms. The Hall–Kier alpha value is -4.52. The highest BCUT2D eigenvalue weighted by Gasteiger charge is 2.24. The Kier molecular flexibility index (Phi) is 8.50. The van der Waals surface area contributed by atoms with E-state index >= 15 is 0 Å². The highest BCUT2D eigenvalue weighted by Crippen LogP contribution is 2.27. The SMILES string of the molecule is CC#Cc1ccc(COc2cccc(C3=CCN(Cc4nc5ccc(C(=O)OC)cc5n4C[C@@H]4CCO4)CC3)n2)c(F)c1. The summed E-state index contributed by atoms with van der Waals surface area (Å²) in [5, 5.41) is 0. The molecular weight excluding hydrogens is 547 g/mol. The van der Waals surface area contributed by atoms with E-state index in [1.54, 1.807) is 31.2 Å². The second-order valence-electron chi connectivity index (χ2n) is 10.7. The van der Waals surface area contributed by atoms with Gasteiger partial charge in [0.25, 0.3) is 0 Å². The maximum Gasteiger partial charge on any atom is 0.337 e. The average molecular weight is 581 g/mol. The molecule has 0 N–H and O–H groups in total. The van der Waals surface area contributed by atoms with Gasteiger partial charge in [0.15, 0.2) is 0 Å². The lowest BCUT2D eigenvalue weighted by Gasteiger charge is -2.29. The first-order chi connectivity index (χ1) is 21.0. The van der Waals surface area contributed by atoms with Crippen LogP contribution >= 0.6 is 0 Å². The van der Waals surface area contributed by atoms with Crippen LogP contribution in [0.15, 0.2) is 60.7 Å². The molecule has 0 saturated carbocycles. The molecule has 6 rings (SSSR count). The normalized spacial score (nSPS) is 16.6. The minimum Gasteiger partial charge on any atom is -0.473 e. The van der Waals surface area contributed by atoms with Crippen LogP contribution in [0, 0.1) is 17.7 Å². The smallest absolute Gasteiger partial charge is 0.337 e. The maximum absolute atomic E-state index is 14.5. The molecular formula is C34H33FN4O4. The molecule has 220 valence electrons. The number of imidazole rings is 1. The first-order valence-corrected chi connectivity index (χ1v) is 14.4. The quantitative estimate of drug-likeness (QED) is 0.194. The number of nitrogens with zero attached hydrogens (tertiary/aromatic N) is 4. The number of carbonyl (C=O) groups excluding carboxylic acids is 1. The van der Waals surface area contributed by atoms with Gasteiger partial charge < -0.3 is 18.8 Å². The zero-order valence-corrected chi connectivity index (χ0v) is 24.3. The molecule has 2 aliphatic heterocycles. The van der Waals surface area contributed by atoms with Crippen molar-refractivity contribution in [2.45, 2.75) is 45.6 Å². The minimum atomic E-state index is -0.364. The second-order valence-corrected chi connectivity index (χ2v) is 10.7. The minimum absolute atomic E-state index is 0.0863. The van der Waals surface area contributed by atoms with Gasteiger partial charge in [0.1, 0.15) is 18.2 Å². The van der Waals surface area contributed by atoms with Gasteiger partial charge in [-0.25, -0.2) is 19.2 Å². The van der Waals surface area contributed by atoms with Gasteiger partial charge in [-0.15, -0.1) is 5.92 Å². The predicted molar refractivity (Wildman–Crippen MR) is 161 cm³/mol. The lowest BCUT2D eigenvalue weighted by Crippen LogP contribution is -2.33. The van der Waals surface area contributed by atoms with Crippen molar-refractivity contribution < 1.29 is 23.4 Å². The zero-order chi connectivity index (χ0) is 29.8. The summed E-state index contributed by atoms with van der Waals surface area (Å²) in [7, 11) is 1.39. The molecule has 0 amide bonds. The summed E-state index contributed by atoms with van der Waals surface area (Å²) in [5.41, 5.74) is 5.36. The van der Waals surface area contributed by atoms with Gasteiger partial charge in [-0.2, -0.15) is 0 Å². The number of aromatic nitrogens is 3. The number of benzene rings is 2. The molecule has 1 atom stereocenters. The number of fused-ring (bicyclic) bond motifs is 1. The van der Waals surface area contributed by atoms with E-state index in [1.807, 2.05) is 24.3 Å². The lowest BCUT2D eigenvalue weighted by atomic mass is 10.0. The summed E-state index contributed by atoms with van der Waals surface area (Å²) in [6, 6.07) is 16.1. The van der Waals surface area contributed by atoms with Crippen molar-refractivity contribution in [1.82, 2.24) is 19.4 Å². The van der Waals surface area contributed by atoms with Crippen molar-refractivity contribution in [2.24, 2.45) is 0 Å². The zero-order valence-electron chi connectivity index (χ0n) is 24.3. The van der Waals surface area contributed by atoms with E-state index in [1.165, 1.54) is 13.2 Å². The molecule has 1 fully saturated rings. The summed E-state index contributed by atoms with van der Waals surface area (Å²) in [6.07, 6.45) is 4.18. The molecule has 2 aromatic heterocycles. The summed E-state index contributed by atoms with van der Waals surface area (Å²) < 4.78 is 33.1. The summed E-state index contributed by atoms with van der Waals surface area (Å²) >= 11 is 0. The van der Waals surface area contributed by atoms with E-state index in [0.717, 1.165) is 60.7 Å². The molecule has 4 heterocycles. The molecule has 2 aliphatic rings. The van der Waals surface area contributed by atoms with Gasteiger partial charge in [-0.05, 0) is 61.7 Å². The van der Waals surface area contributed by atoms with E-state index in [-0.39, 0.29) is 24.5 Å². The fourth-order valence-corrected chi connectivity index (χ4v) is 5.37. The molecule has 0 bridgehead atoms. The Morgan fingerprint density at radius 3 is 2.77 bits per heavy atom. The van der Waals surface area contributed by atoms with Gasteiger partial charge in [-0.3, -0.25) is 4.90 Å². The summed E-state index contributed by atoms with van der Waals surface area (Å²) in [5.74, 6) is 6.33. The third-order valence-electron chi connectivity index (χ3n) is 7.84. The number of carbonyl (C=O) groups is 1. The number of halogens is 1. The van der Waals surface area contributed by atoms with E-state index in [4.69, 9.17) is 24.2 Å². The lowest BCUT2D eigenvalue weighted by molar-refractivity contribution is -0.0591. The fourth-order valence-electron chi connectivity index (χ4n) is 5.37. The Labute approximate surface area is 250 Å². The van der Waals surface area contributed by atoms with Gasteiger partial charge in [0, 0.05) is 36.9 Å². The van der Waals surface area contributed by atoms with E-state index in [0.29, 0.717) is 35.7 Å². The monoisotopic (exact) mass is 580 g/mol. The summed E-state index contributed by atoms with van der Waals surface area (Å²) in [6.45, 7) is 5.54. The summed E-state index contributed by atoms with van der Waals surface area (Å²) in [4.78, 5) is 24.1. The standard InChI is InChI=1S/C34H33FN4O4/c1-3-5-23-8-9-26(28(35)18-23)22-43-33-7-4-6-29(37-33)24-12-15-38(16-13-24)21-32-36-30-11-10-25(34(40)41-2)19-31(30)39(32)20-27-14-17-42-27/h4,6-12,18-19,27H,13-17,20-22H2,1-2H3/t27-/m0/s1. The average Bonchev–Trinajstić information content (AvgIpc) is 3.34. The topological polar surface area (TPSA) is 78.7 Å². The van der Waals surface area contributed by atoms with Gasteiger partial charge in [0.05, 0.1) is 48.6 Å². The molecule has 0 aliphatic carbocycles. The van der Waals surface area contributed by atoms with Crippen LogP contribution in [0.5, 0.6) is 5.88 Å². The Morgan fingerprint density at radius 2 is 2.05 bits per heavy atom. The van der Waals surface area contributed by atoms with Crippen LogP contribution in [0.3, 0.4) is 0 Å². The highest BCUT2D eigenvalue weighted by atomic mass is 19.1. The Morgan fingerprint density at radius 1 is 1.16 bits per heavy atom. The van der Waals surface area contributed by atoms with Crippen molar-refractivity contribution in [3.05, 3.63) is 94.7 Å². The first-order valence-electron chi connectivity index (χ1n) is 14.4. The number of hydrogen-bond acceptors (Lipinski definition) is 7. The maximum atomic E-state index is 14.5. The molecule has 0 radical (unpaired) electrons. The van der Waals surface area contributed by atoms with E-state index < -0.39 is 0 Å². The third kappa shape index (κ3) is 6.46. The van der Waals surface area contributed by atoms with Crippen LogP contribution in [0.4, 0.5) is 4.39 Å². The molecule has 9 heteroatoms. The molecule has 43 heavy (non-hydrogen) atoms. The van der Waals surface area contributed by atoms with Crippen molar-refractivity contribution in [3.8, 4) is 17.7 Å². The second kappa shape index (κ2) is 12.8. The van der Waals surface area contributed by atoms with Crippen molar-refractivity contribution in [1.29, 1.82) is 0 Å². The van der Waals surface area contributed by atoms with E-state index in [9.17, 15) is 9.18 Å². The van der Waals surface area contributed by atoms with Crippen molar-refractivity contribution in [2.75, 3.05) is 26.8 Å². The van der Waals surface area contributed by atoms with E-state index in [2.05, 4.69) is 27.4 Å². The van der Waals surface area contributed by atoms with Gasteiger partial charge in [0.2, 0.25) is 5.88 Å². The number of hydrogen-bond donors (Lipinski definition) is 0. The predicted octanol–water partition coefficient (Wildman–Crippen LogP) is 5.39. The number of ether oxygens (including phenoxy) is 3. The molecule has 1 saturated heterocycles. The largest absolute Gasteiger partial charge is 0.473 e. The highest BCUT2D eigenvalue weighted by molar-refractivity contribution is 5.93. The number of pyridine rings is 1. The van der Waals surface area contributed by atoms with Crippen molar-refractivity contribution >= 4 is 22.6 Å². The molecule has 2 aromatic carbocycles. The third-order valence-corrected chi connectivity index (χ3v) is 7.84. The number of rotatable bonds is 9. The molecule has 0 unspecified atom stereocenters. The van der Waals surface area contributed by atoms with Crippen LogP contribution in [0.2, 0.25) is 0 Å². The molecule has 4 aromatic rings. The van der Waals surface area contributed by atoms with Crippen LogP contribution in [-0.2, 0) is 29.2 Å². The number of methoxy groups -OCH3 is 1. The van der Waals surface area contributed by atoms with Crippen LogP contribution in [0.25, 0.3) is 16.6 Å². The molecule has 8 nitrogen and oxygen atoms in total. The Bertz CT molecular complexity index is 1750. The van der Waals surface area contributed by atoms with Gasteiger partial charge in [-0.1, -0.05) is 24.1 Å². The van der Waals surface area contributed by atoms with Crippen LogP contribution in [0.1, 0.15) is 52.8 Å². The Balaban J connectivity index is 1.13. The fraction of sp³-hybridized carbons (Fsp3) is 0.324. The van der Waals surface area contributed by atoms with Crippen LogP contribution < -0.4 is 4.74 Å². The van der Waals surface area contributed by atoms with Crippen LogP contribution in [-0.4, -0.2) is 58.3 Å².